The molecular formula is C16H17N3O. The van der Waals surface area contributed by atoms with Crippen LogP contribution in [0.1, 0.15) is 25.5 Å². The first-order chi connectivity index (χ1) is 9.78. The van der Waals surface area contributed by atoms with Gasteiger partial charge in [0.1, 0.15) is 0 Å². The Morgan fingerprint density at radius 2 is 1.95 bits per heavy atom. The Hall–Kier alpha value is -2.20. The van der Waals surface area contributed by atoms with Crippen LogP contribution in [0.3, 0.4) is 0 Å². The molecule has 0 amide bonds. The molecule has 4 heteroatoms. The summed E-state index contributed by atoms with van der Waals surface area (Å²) in [4.78, 5) is 11.5. The van der Waals surface area contributed by atoms with E-state index in [0.29, 0.717) is 0 Å². The Morgan fingerprint density at radius 1 is 1.15 bits per heavy atom. The van der Waals surface area contributed by atoms with Gasteiger partial charge in [-0.15, -0.1) is 0 Å². The van der Waals surface area contributed by atoms with Crippen LogP contribution in [0.5, 0.6) is 0 Å². The molecule has 0 aliphatic rings. The van der Waals surface area contributed by atoms with Crippen molar-refractivity contribution < 1.29 is 4.74 Å². The first-order valence-corrected chi connectivity index (χ1v) is 6.79. The van der Waals surface area contributed by atoms with Crippen molar-refractivity contribution in [1.29, 1.82) is 0 Å². The van der Waals surface area contributed by atoms with Crippen LogP contribution in [0.2, 0.25) is 0 Å². The number of rotatable bonds is 4. The molecule has 1 N–H and O–H groups in total. The van der Waals surface area contributed by atoms with Crippen LogP contribution in [-0.4, -0.2) is 21.6 Å². The lowest BCUT2D eigenvalue weighted by atomic mass is 10.0. The predicted molar refractivity (Wildman–Crippen MR) is 79.4 cm³/mol. The molecule has 0 aliphatic carbocycles. The van der Waals surface area contributed by atoms with Gasteiger partial charge in [0.25, 0.3) is 0 Å². The van der Waals surface area contributed by atoms with Gasteiger partial charge in [-0.2, -0.15) is 0 Å². The van der Waals surface area contributed by atoms with Crippen LogP contribution in [0.25, 0.3) is 22.3 Å². The van der Waals surface area contributed by atoms with E-state index in [9.17, 15) is 0 Å². The molecule has 0 saturated carbocycles. The lowest BCUT2D eigenvalue weighted by Crippen LogP contribution is -1.98. The van der Waals surface area contributed by atoms with Gasteiger partial charge < -0.3 is 9.72 Å². The summed E-state index contributed by atoms with van der Waals surface area (Å²) in [5, 5.41) is 0. The summed E-state index contributed by atoms with van der Waals surface area (Å²) in [6.45, 7) is 4.80. The van der Waals surface area contributed by atoms with Gasteiger partial charge >= 0.3 is 0 Å². The van der Waals surface area contributed by atoms with Gasteiger partial charge in [0.05, 0.1) is 17.9 Å². The minimum absolute atomic E-state index is 0.127. The minimum atomic E-state index is 0.127. The number of aromatic amines is 1. The standard InChI is InChI=1S/C16H17N3O/c1-3-20-11(2)12-4-6-13(7-5-12)14-8-15-16(17-9-14)19-10-18-15/h4-11H,3H2,1-2H3,(H,17,18,19). The van der Waals surface area contributed by atoms with E-state index in [0.717, 1.165) is 28.9 Å². The molecule has 0 aliphatic heterocycles. The Bertz CT molecular complexity index is 703. The van der Waals surface area contributed by atoms with Gasteiger partial charge in [-0.25, -0.2) is 9.97 Å². The van der Waals surface area contributed by atoms with Gasteiger partial charge in [0.2, 0.25) is 0 Å². The SMILES string of the molecule is CCOC(C)c1ccc(-c2cnc3nc[nH]c3c2)cc1. The van der Waals surface area contributed by atoms with Crippen molar-refractivity contribution in [2.75, 3.05) is 6.61 Å². The van der Waals surface area contributed by atoms with Crippen molar-refractivity contribution in [2.45, 2.75) is 20.0 Å². The first-order valence-electron chi connectivity index (χ1n) is 6.79. The molecular weight excluding hydrogens is 250 g/mol. The third-order valence-corrected chi connectivity index (χ3v) is 3.40. The normalized spacial score (nSPS) is 12.7. The number of H-pyrrole nitrogens is 1. The molecule has 0 fully saturated rings. The summed E-state index contributed by atoms with van der Waals surface area (Å²) in [6, 6.07) is 10.5. The van der Waals surface area contributed by atoms with Crippen molar-refractivity contribution in [2.24, 2.45) is 0 Å². The van der Waals surface area contributed by atoms with Crippen molar-refractivity contribution in [3.63, 3.8) is 0 Å². The van der Waals surface area contributed by atoms with E-state index in [-0.39, 0.29) is 6.10 Å². The zero-order valence-corrected chi connectivity index (χ0v) is 11.6. The van der Waals surface area contributed by atoms with E-state index in [4.69, 9.17) is 4.74 Å². The Labute approximate surface area is 117 Å². The second kappa shape index (κ2) is 5.43. The fourth-order valence-corrected chi connectivity index (χ4v) is 2.28. The Balaban J connectivity index is 1.90. The molecule has 2 aromatic heterocycles. The third-order valence-electron chi connectivity index (χ3n) is 3.40. The number of aromatic nitrogens is 3. The Kier molecular flexibility index (Phi) is 3.48. The molecule has 0 radical (unpaired) electrons. The molecule has 0 bridgehead atoms. The predicted octanol–water partition coefficient (Wildman–Crippen LogP) is 3.72. The Morgan fingerprint density at radius 3 is 2.70 bits per heavy atom. The highest BCUT2D eigenvalue weighted by molar-refractivity contribution is 5.77. The van der Waals surface area contributed by atoms with Crippen molar-refractivity contribution >= 4 is 11.2 Å². The van der Waals surface area contributed by atoms with E-state index in [1.165, 1.54) is 5.56 Å². The molecule has 1 atom stereocenters. The fraction of sp³-hybridized carbons (Fsp3) is 0.250. The minimum Gasteiger partial charge on any atom is -0.374 e. The molecule has 1 aromatic carbocycles. The van der Waals surface area contributed by atoms with Gasteiger partial charge in [-0.1, -0.05) is 24.3 Å². The van der Waals surface area contributed by atoms with Gasteiger partial charge in [0.15, 0.2) is 5.65 Å². The lowest BCUT2D eigenvalue weighted by Gasteiger charge is -2.12. The molecule has 3 rings (SSSR count). The topological polar surface area (TPSA) is 50.8 Å². The van der Waals surface area contributed by atoms with Gasteiger partial charge in [-0.05, 0) is 31.0 Å². The van der Waals surface area contributed by atoms with Crippen molar-refractivity contribution in [1.82, 2.24) is 15.0 Å². The monoisotopic (exact) mass is 267 g/mol. The number of pyridine rings is 1. The summed E-state index contributed by atoms with van der Waals surface area (Å²) < 4.78 is 5.60. The maximum Gasteiger partial charge on any atom is 0.177 e. The number of nitrogens with one attached hydrogen (secondary N) is 1. The molecule has 102 valence electrons. The smallest absolute Gasteiger partial charge is 0.177 e. The van der Waals surface area contributed by atoms with Crippen LogP contribution < -0.4 is 0 Å². The van der Waals surface area contributed by atoms with Crippen molar-refractivity contribution in [3.8, 4) is 11.1 Å². The molecule has 4 nitrogen and oxygen atoms in total. The van der Waals surface area contributed by atoms with E-state index in [1.54, 1.807) is 6.33 Å². The van der Waals surface area contributed by atoms with E-state index in [2.05, 4.69) is 52.2 Å². The quantitative estimate of drug-likeness (QED) is 0.783. The highest BCUT2D eigenvalue weighted by Gasteiger charge is 2.06. The summed E-state index contributed by atoms with van der Waals surface area (Å²) in [6.07, 6.45) is 3.64. The van der Waals surface area contributed by atoms with E-state index < -0.39 is 0 Å². The van der Waals surface area contributed by atoms with E-state index in [1.807, 2.05) is 13.1 Å². The summed E-state index contributed by atoms with van der Waals surface area (Å²) in [5.74, 6) is 0. The molecule has 0 spiro atoms. The number of benzene rings is 1. The average molecular weight is 267 g/mol. The molecule has 3 aromatic rings. The van der Waals surface area contributed by atoms with E-state index >= 15 is 0 Å². The summed E-state index contributed by atoms with van der Waals surface area (Å²) in [7, 11) is 0. The van der Waals surface area contributed by atoms with Crippen LogP contribution >= 0.6 is 0 Å². The zero-order valence-electron chi connectivity index (χ0n) is 11.6. The maximum atomic E-state index is 5.60. The molecule has 2 heterocycles. The average Bonchev–Trinajstić information content (AvgIpc) is 2.95. The zero-order chi connectivity index (χ0) is 13.9. The number of imidazole rings is 1. The van der Waals surface area contributed by atoms with Gasteiger partial charge in [-0.3, -0.25) is 0 Å². The van der Waals surface area contributed by atoms with Gasteiger partial charge in [0, 0.05) is 18.4 Å². The van der Waals surface area contributed by atoms with Crippen LogP contribution in [0, 0.1) is 0 Å². The fourth-order valence-electron chi connectivity index (χ4n) is 2.28. The molecule has 1 unspecified atom stereocenters. The van der Waals surface area contributed by atoms with Crippen molar-refractivity contribution in [3.05, 3.63) is 48.4 Å². The van der Waals surface area contributed by atoms with Crippen LogP contribution in [0.4, 0.5) is 0 Å². The first kappa shape index (κ1) is 12.8. The summed E-state index contributed by atoms with van der Waals surface area (Å²) >= 11 is 0. The molecule has 20 heavy (non-hydrogen) atoms. The highest BCUT2D eigenvalue weighted by Crippen LogP contribution is 2.24. The molecule has 0 saturated heterocycles. The second-order valence-electron chi connectivity index (χ2n) is 4.72. The van der Waals surface area contributed by atoms with Crippen LogP contribution in [0.15, 0.2) is 42.9 Å². The number of hydrogen-bond donors (Lipinski definition) is 1. The third kappa shape index (κ3) is 2.42. The largest absolute Gasteiger partial charge is 0.374 e. The number of fused-ring (bicyclic) bond motifs is 1. The lowest BCUT2D eigenvalue weighted by molar-refractivity contribution is 0.0764. The number of nitrogens with zero attached hydrogens (tertiary/aromatic N) is 2. The highest BCUT2D eigenvalue weighted by atomic mass is 16.5. The van der Waals surface area contributed by atoms with Crippen LogP contribution in [-0.2, 0) is 4.74 Å². The number of hydrogen-bond acceptors (Lipinski definition) is 3. The second-order valence-corrected chi connectivity index (χ2v) is 4.72. The maximum absolute atomic E-state index is 5.60. The summed E-state index contributed by atoms with van der Waals surface area (Å²) in [5.41, 5.74) is 5.11. The number of ether oxygens (including phenoxy) is 1.